The van der Waals surface area contributed by atoms with Crippen LogP contribution in [0.4, 0.5) is 0 Å². The number of nitriles is 1. The summed E-state index contributed by atoms with van der Waals surface area (Å²) in [6.45, 7) is 3.35. The lowest BCUT2D eigenvalue weighted by atomic mass is 9.81. The van der Waals surface area contributed by atoms with Crippen LogP contribution >= 0.6 is 0 Å². The predicted molar refractivity (Wildman–Crippen MR) is 56.2 cm³/mol. The monoisotopic (exact) mass is 227 g/mol. The minimum absolute atomic E-state index is 0.0348. The lowest BCUT2D eigenvalue weighted by Crippen LogP contribution is -2.31. The molecule has 1 unspecified atom stereocenters. The Morgan fingerprint density at radius 2 is 1.88 bits per heavy atom. The normalized spacial score (nSPS) is 12.4. The van der Waals surface area contributed by atoms with Crippen LogP contribution in [0.2, 0.25) is 0 Å². The molecule has 0 saturated carbocycles. The second-order valence-corrected chi connectivity index (χ2v) is 4.16. The zero-order chi connectivity index (χ0) is 12.8. The molecule has 0 aromatic rings. The molecule has 0 saturated heterocycles. The summed E-state index contributed by atoms with van der Waals surface area (Å²) in [5.74, 6) is -1.47. The number of rotatable bonds is 5. The molecule has 1 atom stereocenters. The fourth-order valence-electron chi connectivity index (χ4n) is 1.49. The molecule has 0 aliphatic rings. The minimum Gasteiger partial charge on any atom is -0.469 e. The molecule has 0 rings (SSSR count). The number of methoxy groups -OCH3 is 2. The van der Waals surface area contributed by atoms with Crippen molar-refractivity contribution in [3.63, 3.8) is 0 Å². The maximum atomic E-state index is 11.4. The Balaban J connectivity index is 4.69. The molecule has 0 amide bonds. The zero-order valence-corrected chi connectivity index (χ0v) is 10.1. The molecular weight excluding hydrogens is 210 g/mol. The Bertz CT molecular complexity index is 304. The number of esters is 2. The summed E-state index contributed by atoms with van der Waals surface area (Å²) in [7, 11) is 2.55. The van der Waals surface area contributed by atoms with Gasteiger partial charge in [-0.05, 0) is 20.3 Å². The van der Waals surface area contributed by atoms with Gasteiger partial charge in [-0.15, -0.1) is 0 Å². The number of ether oxygens (including phenoxy) is 2. The first-order chi connectivity index (χ1) is 7.38. The van der Waals surface area contributed by atoms with Crippen molar-refractivity contribution in [2.75, 3.05) is 14.2 Å². The van der Waals surface area contributed by atoms with Crippen molar-refractivity contribution in [3.8, 4) is 6.07 Å². The van der Waals surface area contributed by atoms with E-state index in [-0.39, 0.29) is 12.8 Å². The highest BCUT2D eigenvalue weighted by atomic mass is 16.5. The van der Waals surface area contributed by atoms with Crippen molar-refractivity contribution < 1.29 is 19.1 Å². The van der Waals surface area contributed by atoms with Crippen LogP contribution < -0.4 is 0 Å². The van der Waals surface area contributed by atoms with Gasteiger partial charge in [0.15, 0.2) is 0 Å². The molecule has 0 N–H and O–H groups in total. The van der Waals surface area contributed by atoms with Crippen LogP contribution in [0.5, 0.6) is 0 Å². The van der Waals surface area contributed by atoms with E-state index in [4.69, 9.17) is 5.26 Å². The minimum atomic E-state index is -0.801. The molecule has 5 nitrogen and oxygen atoms in total. The van der Waals surface area contributed by atoms with Crippen molar-refractivity contribution in [2.45, 2.75) is 26.7 Å². The van der Waals surface area contributed by atoms with Crippen LogP contribution in [-0.4, -0.2) is 26.2 Å². The lowest BCUT2D eigenvalue weighted by molar-refractivity contribution is -0.154. The molecule has 0 heterocycles. The predicted octanol–water partition coefficient (Wildman–Crippen LogP) is 1.28. The molecule has 0 aliphatic heterocycles. The first kappa shape index (κ1) is 14.4. The van der Waals surface area contributed by atoms with Crippen LogP contribution in [0, 0.1) is 22.7 Å². The maximum Gasteiger partial charge on any atom is 0.311 e. The van der Waals surface area contributed by atoms with Gasteiger partial charge in [0.2, 0.25) is 0 Å². The van der Waals surface area contributed by atoms with Crippen molar-refractivity contribution in [1.82, 2.24) is 0 Å². The van der Waals surface area contributed by atoms with Crippen LogP contribution in [0.1, 0.15) is 26.7 Å². The average Bonchev–Trinajstić information content (AvgIpc) is 2.25. The summed E-state index contributed by atoms with van der Waals surface area (Å²) in [4.78, 5) is 22.8. The van der Waals surface area contributed by atoms with Crippen LogP contribution in [0.3, 0.4) is 0 Å². The molecule has 0 bridgehead atoms. The van der Waals surface area contributed by atoms with Gasteiger partial charge in [0.05, 0.1) is 31.6 Å². The van der Waals surface area contributed by atoms with E-state index in [1.807, 2.05) is 6.07 Å². The molecule has 5 heteroatoms. The number of hydrogen-bond acceptors (Lipinski definition) is 5. The van der Waals surface area contributed by atoms with Crippen LogP contribution in [0.15, 0.2) is 0 Å². The Morgan fingerprint density at radius 3 is 2.25 bits per heavy atom. The van der Waals surface area contributed by atoms with E-state index in [1.54, 1.807) is 13.8 Å². The molecule has 0 aliphatic carbocycles. The third-order valence-electron chi connectivity index (χ3n) is 2.37. The summed E-state index contributed by atoms with van der Waals surface area (Å²) in [6, 6.07) is 1.91. The van der Waals surface area contributed by atoms with Gasteiger partial charge in [0.1, 0.15) is 0 Å². The molecule has 0 aromatic carbocycles. The van der Waals surface area contributed by atoms with Crippen molar-refractivity contribution in [2.24, 2.45) is 11.3 Å². The summed E-state index contributed by atoms with van der Waals surface area (Å²) >= 11 is 0. The molecule has 0 aromatic heterocycles. The quantitative estimate of drug-likeness (QED) is 0.661. The fourth-order valence-corrected chi connectivity index (χ4v) is 1.49. The number of carbonyl (C=O) groups excluding carboxylic acids is 2. The summed E-state index contributed by atoms with van der Waals surface area (Å²) in [5.41, 5.74) is -0.801. The Hall–Kier alpha value is -1.57. The third kappa shape index (κ3) is 3.89. The van der Waals surface area contributed by atoms with Crippen molar-refractivity contribution in [3.05, 3.63) is 0 Å². The Kier molecular flexibility index (Phi) is 5.51. The van der Waals surface area contributed by atoms with E-state index in [9.17, 15) is 9.59 Å². The zero-order valence-electron chi connectivity index (χ0n) is 10.1. The lowest BCUT2D eigenvalue weighted by Gasteiger charge is -2.24. The van der Waals surface area contributed by atoms with Gasteiger partial charge < -0.3 is 9.47 Å². The number of carbonyl (C=O) groups is 2. The van der Waals surface area contributed by atoms with E-state index in [2.05, 4.69) is 9.47 Å². The number of hydrogen-bond donors (Lipinski definition) is 0. The molecule has 0 spiro atoms. The van der Waals surface area contributed by atoms with Crippen LogP contribution in [0.25, 0.3) is 0 Å². The second kappa shape index (κ2) is 6.11. The van der Waals surface area contributed by atoms with Crippen molar-refractivity contribution >= 4 is 11.9 Å². The van der Waals surface area contributed by atoms with Gasteiger partial charge in [0.25, 0.3) is 0 Å². The van der Waals surface area contributed by atoms with Gasteiger partial charge in [-0.3, -0.25) is 9.59 Å². The largest absolute Gasteiger partial charge is 0.469 e. The maximum absolute atomic E-state index is 11.4. The number of nitrogens with zero attached hydrogens (tertiary/aromatic N) is 1. The summed E-state index contributed by atoms with van der Waals surface area (Å²) in [6.07, 6.45) is 0.271. The standard InChI is InChI=1S/C11H17NO4/c1-11(2,10(14)16-4)7-8(5-6-12)9(13)15-3/h8H,5,7H2,1-4H3. The van der Waals surface area contributed by atoms with Gasteiger partial charge in [-0.25, -0.2) is 0 Å². The third-order valence-corrected chi connectivity index (χ3v) is 2.37. The molecule has 16 heavy (non-hydrogen) atoms. The highest BCUT2D eigenvalue weighted by Gasteiger charge is 2.35. The smallest absolute Gasteiger partial charge is 0.311 e. The van der Waals surface area contributed by atoms with Gasteiger partial charge >= 0.3 is 11.9 Å². The van der Waals surface area contributed by atoms with Crippen molar-refractivity contribution in [1.29, 1.82) is 5.26 Å². The second-order valence-electron chi connectivity index (χ2n) is 4.16. The van der Waals surface area contributed by atoms with Gasteiger partial charge in [0, 0.05) is 6.42 Å². The summed E-state index contributed by atoms with van der Waals surface area (Å²) < 4.78 is 9.22. The first-order valence-electron chi connectivity index (χ1n) is 4.92. The highest BCUT2D eigenvalue weighted by Crippen LogP contribution is 2.29. The van der Waals surface area contributed by atoms with E-state index >= 15 is 0 Å². The van der Waals surface area contributed by atoms with Crippen LogP contribution in [-0.2, 0) is 19.1 Å². The molecule has 90 valence electrons. The topological polar surface area (TPSA) is 76.4 Å². The van der Waals surface area contributed by atoms with Gasteiger partial charge in [-0.2, -0.15) is 5.26 Å². The van der Waals surface area contributed by atoms with E-state index < -0.39 is 23.3 Å². The highest BCUT2D eigenvalue weighted by molar-refractivity contribution is 5.78. The Morgan fingerprint density at radius 1 is 1.31 bits per heavy atom. The SMILES string of the molecule is COC(=O)C(CC#N)CC(C)(C)C(=O)OC. The molecule has 0 fully saturated rings. The molecular formula is C11H17NO4. The van der Waals surface area contributed by atoms with Gasteiger partial charge in [-0.1, -0.05) is 0 Å². The molecule has 0 radical (unpaired) electrons. The average molecular weight is 227 g/mol. The van der Waals surface area contributed by atoms with E-state index in [0.29, 0.717) is 0 Å². The fraction of sp³-hybridized carbons (Fsp3) is 0.727. The van der Waals surface area contributed by atoms with E-state index in [1.165, 1.54) is 14.2 Å². The first-order valence-corrected chi connectivity index (χ1v) is 4.92. The Labute approximate surface area is 95.3 Å². The van der Waals surface area contributed by atoms with E-state index in [0.717, 1.165) is 0 Å². The summed E-state index contributed by atoms with van der Waals surface area (Å²) in [5, 5.41) is 8.60.